The average molecular weight is 720 g/mol. The molecule has 258 valence electrons. The Morgan fingerprint density at radius 3 is 1.87 bits per heavy atom. The number of fused-ring (bicyclic) bond motifs is 7. The first-order valence-electron chi connectivity index (χ1n) is 18.7. The van der Waals surface area contributed by atoms with Gasteiger partial charge in [-0.3, -0.25) is 0 Å². The van der Waals surface area contributed by atoms with E-state index in [-0.39, 0.29) is 0 Å². The maximum Gasteiger partial charge on any atom is 0.136 e. The van der Waals surface area contributed by atoms with E-state index >= 15 is 0 Å². The lowest BCUT2D eigenvalue weighted by molar-refractivity contribution is 0.669. The molecule has 2 nitrogen and oxygen atoms in total. The minimum absolute atomic E-state index is 0.895. The molecule has 0 aliphatic carbocycles. The number of nitrogens with zero attached hydrogens (tertiary/aromatic N) is 1. The van der Waals surface area contributed by atoms with E-state index in [9.17, 15) is 0 Å². The molecule has 0 fully saturated rings. The zero-order valence-electron chi connectivity index (χ0n) is 29.8. The molecule has 2 aromatic heterocycles. The van der Waals surface area contributed by atoms with Crippen molar-refractivity contribution >= 4 is 81.3 Å². The molecule has 11 rings (SSSR count). The summed E-state index contributed by atoms with van der Waals surface area (Å²) in [5.74, 6) is 0. The first kappa shape index (κ1) is 31.6. The van der Waals surface area contributed by atoms with Crippen LogP contribution in [0.1, 0.15) is 0 Å². The van der Waals surface area contributed by atoms with Crippen LogP contribution < -0.4 is 4.90 Å². The SMILES string of the molecule is c1ccc(-c2cccc3cccc(-c4ccccc4N(c4cccc(-c5cccc6oc7ccccc7c56)c4)c4cccc5c4sc4ccccc45)c23)cc1. The molecule has 3 heteroatoms. The van der Waals surface area contributed by atoms with Crippen LogP contribution in [0.3, 0.4) is 0 Å². The van der Waals surface area contributed by atoms with Crippen LogP contribution in [-0.2, 0) is 0 Å². The summed E-state index contributed by atoms with van der Waals surface area (Å²) in [6.45, 7) is 0. The van der Waals surface area contributed by atoms with Gasteiger partial charge in [0.2, 0.25) is 0 Å². The number of benzene rings is 9. The Morgan fingerprint density at radius 1 is 0.382 bits per heavy atom. The quantitative estimate of drug-likeness (QED) is 0.170. The summed E-state index contributed by atoms with van der Waals surface area (Å²) >= 11 is 1.86. The maximum atomic E-state index is 6.34. The molecule has 0 spiro atoms. The van der Waals surface area contributed by atoms with Crippen molar-refractivity contribution in [3.8, 4) is 33.4 Å². The minimum Gasteiger partial charge on any atom is -0.456 e. The van der Waals surface area contributed by atoms with Crippen molar-refractivity contribution in [2.45, 2.75) is 0 Å². The zero-order chi connectivity index (χ0) is 36.3. The van der Waals surface area contributed by atoms with Crippen molar-refractivity contribution in [2.24, 2.45) is 0 Å². The minimum atomic E-state index is 0.895. The predicted molar refractivity (Wildman–Crippen MR) is 235 cm³/mol. The number of rotatable bonds is 6. The van der Waals surface area contributed by atoms with E-state index in [0.29, 0.717) is 0 Å². The lowest BCUT2D eigenvalue weighted by Crippen LogP contribution is -2.11. The van der Waals surface area contributed by atoms with Gasteiger partial charge in [-0.05, 0) is 81.1 Å². The van der Waals surface area contributed by atoms with E-state index in [0.717, 1.165) is 50.1 Å². The van der Waals surface area contributed by atoms with Crippen LogP contribution >= 0.6 is 11.3 Å². The average Bonchev–Trinajstić information content (AvgIpc) is 3.83. The molecule has 0 aliphatic heterocycles. The summed E-state index contributed by atoms with van der Waals surface area (Å²) in [6.07, 6.45) is 0. The van der Waals surface area contributed by atoms with Gasteiger partial charge in [-0.15, -0.1) is 11.3 Å². The number of thiophene rings is 1. The van der Waals surface area contributed by atoms with Crippen LogP contribution in [0.25, 0.3) is 86.3 Å². The van der Waals surface area contributed by atoms with Crippen LogP contribution in [0, 0.1) is 0 Å². The third-order valence-electron chi connectivity index (χ3n) is 10.9. The molecule has 0 unspecified atom stereocenters. The first-order valence-corrected chi connectivity index (χ1v) is 19.5. The molecule has 0 N–H and O–H groups in total. The summed E-state index contributed by atoms with van der Waals surface area (Å²) in [4.78, 5) is 2.48. The molecule has 0 radical (unpaired) electrons. The van der Waals surface area contributed by atoms with Gasteiger partial charge in [-0.25, -0.2) is 0 Å². The zero-order valence-corrected chi connectivity index (χ0v) is 30.6. The van der Waals surface area contributed by atoms with E-state index in [1.165, 1.54) is 53.2 Å². The summed E-state index contributed by atoms with van der Waals surface area (Å²) in [5.41, 5.74) is 12.2. The molecule has 2 heterocycles. The van der Waals surface area contributed by atoms with E-state index in [4.69, 9.17) is 4.42 Å². The molecule has 0 amide bonds. The molecule has 9 aromatic carbocycles. The van der Waals surface area contributed by atoms with Crippen molar-refractivity contribution in [3.05, 3.63) is 200 Å². The summed E-state index contributed by atoms with van der Waals surface area (Å²) < 4.78 is 8.88. The fourth-order valence-electron chi connectivity index (χ4n) is 8.46. The van der Waals surface area contributed by atoms with Gasteiger partial charge >= 0.3 is 0 Å². The molecule has 0 aliphatic rings. The standard InChI is InChI=1S/C52H33NOS/c1-2-15-34(16-3-1)38-24-11-17-35-18-12-26-42(50(35)38)40-21-4-7-28-45(40)53(46-29-13-27-43-41-22-6-9-32-49(41)55-52(43)46)37-20-10-19-36(33-37)39-25-14-31-48-51(39)44-23-5-8-30-47(44)54-48/h1-33H. The largest absolute Gasteiger partial charge is 0.456 e. The Labute approximate surface area is 322 Å². The van der Waals surface area contributed by atoms with Crippen molar-refractivity contribution in [3.63, 3.8) is 0 Å². The van der Waals surface area contributed by atoms with Crippen LogP contribution in [-0.4, -0.2) is 0 Å². The van der Waals surface area contributed by atoms with Gasteiger partial charge < -0.3 is 9.32 Å². The van der Waals surface area contributed by atoms with Gasteiger partial charge in [0.1, 0.15) is 11.2 Å². The summed E-state index contributed by atoms with van der Waals surface area (Å²) in [6, 6.07) is 72.3. The second-order valence-corrected chi connectivity index (χ2v) is 15.1. The Bertz CT molecular complexity index is 3220. The normalized spacial score (nSPS) is 11.6. The van der Waals surface area contributed by atoms with E-state index in [1.54, 1.807) is 0 Å². The smallest absolute Gasteiger partial charge is 0.136 e. The van der Waals surface area contributed by atoms with Gasteiger partial charge in [0.15, 0.2) is 0 Å². The Balaban J connectivity index is 1.19. The van der Waals surface area contributed by atoms with Crippen LogP contribution in [0.5, 0.6) is 0 Å². The van der Waals surface area contributed by atoms with Gasteiger partial charge in [-0.1, -0.05) is 158 Å². The highest BCUT2D eigenvalue weighted by Crippen LogP contribution is 2.49. The Hall–Kier alpha value is -6.94. The summed E-state index contributed by atoms with van der Waals surface area (Å²) in [7, 11) is 0. The number of hydrogen-bond acceptors (Lipinski definition) is 3. The monoisotopic (exact) mass is 719 g/mol. The van der Waals surface area contributed by atoms with Crippen LogP contribution in [0.4, 0.5) is 17.1 Å². The predicted octanol–water partition coefficient (Wildman–Crippen LogP) is 15.6. The second-order valence-electron chi connectivity index (χ2n) is 14.0. The van der Waals surface area contributed by atoms with Gasteiger partial charge in [-0.2, -0.15) is 0 Å². The lowest BCUT2D eigenvalue weighted by Gasteiger charge is -2.29. The molecular weight excluding hydrogens is 687 g/mol. The first-order chi connectivity index (χ1) is 27.3. The highest BCUT2D eigenvalue weighted by atomic mass is 32.1. The molecule has 11 aromatic rings. The van der Waals surface area contributed by atoms with E-state index < -0.39 is 0 Å². The Kier molecular flexibility index (Phi) is 7.39. The molecule has 0 bridgehead atoms. The van der Waals surface area contributed by atoms with Crippen molar-refractivity contribution in [2.75, 3.05) is 4.90 Å². The van der Waals surface area contributed by atoms with Crippen molar-refractivity contribution < 1.29 is 4.42 Å². The number of furan rings is 1. The van der Waals surface area contributed by atoms with E-state index in [2.05, 4.69) is 199 Å². The molecule has 0 saturated carbocycles. The molecule has 0 saturated heterocycles. The topological polar surface area (TPSA) is 16.4 Å². The van der Waals surface area contributed by atoms with Gasteiger partial charge in [0.25, 0.3) is 0 Å². The molecule has 0 atom stereocenters. The number of anilines is 3. The third kappa shape index (κ3) is 5.16. The highest BCUT2D eigenvalue weighted by molar-refractivity contribution is 7.26. The van der Waals surface area contributed by atoms with Crippen molar-refractivity contribution in [1.82, 2.24) is 0 Å². The summed E-state index contributed by atoms with van der Waals surface area (Å²) in [5, 5.41) is 7.28. The Morgan fingerprint density at radius 2 is 0.982 bits per heavy atom. The fourth-order valence-corrected chi connectivity index (χ4v) is 9.67. The van der Waals surface area contributed by atoms with E-state index in [1.807, 2.05) is 17.4 Å². The van der Waals surface area contributed by atoms with Gasteiger partial charge in [0, 0.05) is 37.5 Å². The molecule has 55 heavy (non-hydrogen) atoms. The van der Waals surface area contributed by atoms with Crippen LogP contribution in [0.15, 0.2) is 205 Å². The molecular formula is C52H33NOS. The fraction of sp³-hybridized carbons (Fsp3) is 0. The van der Waals surface area contributed by atoms with Gasteiger partial charge in [0.05, 0.1) is 16.1 Å². The third-order valence-corrected chi connectivity index (χ3v) is 12.1. The van der Waals surface area contributed by atoms with Crippen LogP contribution in [0.2, 0.25) is 0 Å². The number of para-hydroxylation sites is 2. The maximum absolute atomic E-state index is 6.34. The highest BCUT2D eigenvalue weighted by Gasteiger charge is 2.23. The number of hydrogen-bond donors (Lipinski definition) is 0. The lowest BCUT2D eigenvalue weighted by atomic mass is 9.90. The van der Waals surface area contributed by atoms with Crippen molar-refractivity contribution in [1.29, 1.82) is 0 Å². The second kappa shape index (κ2) is 12.9.